The minimum atomic E-state index is -1.69. The second-order valence-corrected chi connectivity index (χ2v) is 7.55. The van der Waals surface area contributed by atoms with Gasteiger partial charge in [0, 0.05) is 13.8 Å². The van der Waals surface area contributed by atoms with E-state index in [4.69, 9.17) is 23.7 Å². The molecule has 3 rings (SSSR count). The summed E-state index contributed by atoms with van der Waals surface area (Å²) in [5, 5.41) is 0. The van der Waals surface area contributed by atoms with Gasteiger partial charge < -0.3 is 23.7 Å². The molecule has 1 aliphatic rings. The van der Waals surface area contributed by atoms with Gasteiger partial charge in [-0.2, -0.15) is 0 Å². The van der Waals surface area contributed by atoms with Crippen molar-refractivity contribution in [2.24, 2.45) is 0 Å². The number of carbonyl (C=O) groups excluding carboxylic acids is 4. The molecule has 1 saturated heterocycles. The van der Waals surface area contributed by atoms with Crippen LogP contribution in [0.1, 0.15) is 41.5 Å². The van der Waals surface area contributed by atoms with Gasteiger partial charge >= 0.3 is 23.9 Å². The van der Waals surface area contributed by atoms with Crippen molar-refractivity contribution < 1.29 is 42.9 Å². The Bertz CT molecular complexity index is 1010. The summed E-state index contributed by atoms with van der Waals surface area (Å²) in [6.07, 6.45) is -3.73. The van der Waals surface area contributed by atoms with Gasteiger partial charge in [0.1, 0.15) is 12.7 Å². The quantitative estimate of drug-likeness (QED) is 0.458. The predicted octanol–water partition coefficient (Wildman–Crippen LogP) is 2.68. The Morgan fingerprint density at radius 2 is 1.36 bits per heavy atom. The average Bonchev–Trinajstić information content (AvgIpc) is 3.02. The van der Waals surface area contributed by atoms with E-state index in [0.29, 0.717) is 5.56 Å². The van der Waals surface area contributed by atoms with E-state index in [9.17, 15) is 19.2 Å². The van der Waals surface area contributed by atoms with Crippen molar-refractivity contribution >= 4 is 23.9 Å². The molecule has 0 radical (unpaired) electrons. The maximum atomic E-state index is 12.8. The first-order chi connectivity index (χ1) is 15.7. The van der Waals surface area contributed by atoms with Crippen LogP contribution in [0.2, 0.25) is 0 Å². The summed E-state index contributed by atoms with van der Waals surface area (Å²) in [6.45, 7) is 3.39. The van der Waals surface area contributed by atoms with E-state index in [1.165, 1.54) is 6.92 Å². The van der Waals surface area contributed by atoms with Gasteiger partial charge in [-0.3, -0.25) is 9.59 Å². The zero-order chi connectivity index (χ0) is 24.0. The fourth-order valence-electron chi connectivity index (χ4n) is 3.47. The van der Waals surface area contributed by atoms with Gasteiger partial charge in [-0.1, -0.05) is 36.4 Å². The Balaban J connectivity index is 1.87. The van der Waals surface area contributed by atoms with Crippen LogP contribution in [0.3, 0.4) is 0 Å². The van der Waals surface area contributed by atoms with Crippen LogP contribution in [0, 0.1) is 0 Å². The number of carbonyl (C=O) groups is 4. The van der Waals surface area contributed by atoms with Crippen molar-refractivity contribution in [3.05, 3.63) is 71.8 Å². The first kappa shape index (κ1) is 23.9. The van der Waals surface area contributed by atoms with Crippen LogP contribution in [0.25, 0.3) is 0 Å². The lowest BCUT2D eigenvalue weighted by Gasteiger charge is -2.33. The molecule has 1 heterocycles. The molecule has 9 heteroatoms. The fourth-order valence-corrected chi connectivity index (χ4v) is 3.47. The normalized spacial score (nSPS) is 23.9. The van der Waals surface area contributed by atoms with Crippen LogP contribution >= 0.6 is 0 Å². The summed E-state index contributed by atoms with van der Waals surface area (Å²) in [4.78, 5) is 48.7. The number of esters is 4. The van der Waals surface area contributed by atoms with Gasteiger partial charge in [-0.05, 0) is 31.2 Å². The third-order valence-electron chi connectivity index (χ3n) is 4.94. The Kier molecular flexibility index (Phi) is 7.44. The highest BCUT2D eigenvalue weighted by Gasteiger charge is 2.61. The lowest BCUT2D eigenvalue weighted by Crippen LogP contribution is -2.52. The molecular weight excluding hydrogens is 432 g/mol. The molecule has 9 nitrogen and oxygen atoms in total. The molecule has 1 fully saturated rings. The average molecular weight is 456 g/mol. The fraction of sp³-hybridized carbons (Fsp3) is 0.333. The van der Waals surface area contributed by atoms with Crippen molar-refractivity contribution in [2.75, 3.05) is 6.61 Å². The Morgan fingerprint density at radius 3 is 1.88 bits per heavy atom. The van der Waals surface area contributed by atoms with Crippen molar-refractivity contribution in [2.45, 2.75) is 44.9 Å². The van der Waals surface area contributed by atoms with Gasteiger partial charge in [0.15, 0.2) is 6.10 Å². The Morgan fingerprint density at radius 1 is 0.818 bits per heavy atom. The molecule has 0 unspecified atom stereocenters. The lowest BCUT2D eigenvalue weighted by atomic mass is 9.96. The molecule has 0 N–H and O–H groups in total. The summed E-state index contributed by atoms with van der Waals surface area (Å²) >= 11 is 0. The highest BCUT2D eigenvalue weighted by molar-refractivity contribution is 5.90. The predicted molar refractivity (Wildman–Crippen MR) is 113 cm³/mol. The number of rotatable bonds is 7. The number of hydrogen-bond acceptors (Lipinski definition) is 9. The number of hydrogen-bond donors (Lipinski definition) is 0. The van der Waals surface area contributed by atoms with E-state index in [0.717, 1.165) is 13.8 Å². The minimum Gasteiger partial charge on any atom is -0.459 e. The zero-order valence-corrected chi connectivity index (χ0v) is 18.4. The molecule has 2 aromatic rings. The monoisotopic (exact) mass is 456 g/mol. The van der Waals surface area contributed by atoms with Crippen molar-refractivity contribution in [1.82, 2.24) is 0 Å². The van der Waals surface area contributed by atoms with Crippen molar-refractivity contribution in [3.63, 3.8) is 0 Å². The maximum absolute atomic E-state index is 12.8. The van der Waals surface area contributed by atoms with Crippen LogP contribution in [0.4, 0.5) is 0 Å². The van der Waals surface area contributed by atoms with E-state index in [1.807, 2.05) is 0 Å². The van der Waals surface area contributed by atoms with Crippen LogP contribution in [0.15, 0.2) is 60.7 Å². The van der Waals surface area contributed by atoms with Crippen molar-refractivity contribution in [3.8, 4) is 0 Å². The van der Waals surface area contributed by atoms with Crippen LogP contribution < -0.4 is 0 Å². The van der Waals surface area contributed by atoms with Gasteiger partial charge in [0.25, 0.3) is 0 Å². The SMILES string of the molecule is CC(=O)O[C@H]1O[C@H](COC(=O)c2ccccc2)[C@@H](OC(=O)c2ccccc2)[C@@]1(C)OC(C)=O. The minimum absolute atomic E-state index is 0.249. The number of benzene rings is 2. The molecule has 4 atom stereocenters. The lowest BCUT2D eigenvalue weighted by molar-refractivity contribution is -0.218. The maximum Gasteiger partial charge on any atom is 0.338 e. The summed E-state index contributed by atoms with van der Waals surface area (Å²) in [6, 6.07) is 16.4. The summed E-state index contributed by atoms with van der Waals surface area (Å²) in [5.41, 5.74) is -1.13. The zero-order valence-electron chi connectivity index (χ0n) is 18.4. The first-order valence-corrected chi connectivity index (χ1v) is 10.2. The molecule has 0 aliphatic carbocycles. The first-order valence-electron chi connectivity index (χ1n) is 10.2. The second kappa shape index (κ2) is 10.3. The molecule has 33 heavy (non-hydrogen) atoms. The smallest absolute Gasteiger partial charge is 0.338 e. The molecule has 0 spiro atoms. The third kappa shape index (κ3) is 5.75. The van der Waals surface area contributed by atoms with Gasteiger partial charge in [-0.25, -0.2) is 9.59 Å². The number of ether oxygens (including phenoxy) is 5. The van der Waals surface area contributed by atoms with Gasteiger partial charge in [-0.15, -0.1) is 0 Å². The molecule has 0 aromatic heterocycles. The van der Waals surface area contributed by atoms with Crippen LogP contribution in [-0.4, -0.2) is 54.6 Å². The summed E-state index contributed by atoms with van der Waals surface area (Å²) in [5.74, 6) is -2.75. The van der Waals surface area contributed by atoms with Crippen molar-refractivity contribution in [1.29, 1.82) is 0 Å². The Labute approximate surface area is 190 Å². The molecule has 1 aliphatic heterocycles. The standard InChI is InChI=1S/C24H24O9/c1-15(25)30-23-24(3,33-16(2)26)20(32-22(28)18-12-8-5-9-13-18)19(31-23)14-29-21(27)17-10-6-4-7-11-17/h4-13,19-20,23H,14H2,1-3H3/t19-,20-,23+,24-/m1/s1. The highest BCUT2D eigenvalue weighted by Crippen LogP contribution is 2.38. The summed E-state index contributed by atoms with van der Waals surface area (Å²) < 4.78 is 27.4. The van der Waals surface area contributed by atoms with E-state index >= 15 is 0 Å². The molecule has 0 amide bonds. The molecule has 2 aromatic carbocycles. The van der Waals surface area contributed by atoms with E-state index in [-0.39, 0.29) is 12.2 Å². The van der Waals surface area contributed by atoms with Crippen LogP contribution in [0.5, 0.6) is 0 Å². The second-order valence-electron chi connectivity index (χ2n) is 7.55. The van der Waals surface area contributed by atoms with E-state index in [2.05, 4.69) is 0 Å². The van der Waals surface area contributed by atoms with Gasteiger partial charge in [0.05, 0.1) is 11.1 Å². The summed E-state index contributed by atoms with van der Waals surface area (Å²) in [7, 11) is 0. The highest BCUT2D eigenvalue weighted by atomic mass is 16.8. The topological polar surface area (TPSA) is 114 Å². The third-order valence-corrected chi connectivity index (χ3v) is 4.94. The molecule has 0 saturated carbocycles. The Hall–Kier alpha value is -3.72. The van der Waals surface area contributed by atoms with Crippen LogP contribution in [-0.2, 0) is 33.3 Å². The molecular formula is C24H24O9. The molecule has 0 bridgehead atoms. The van der Waals surface area contributed by atoms with Gasteiger partial charge in [0.2, 0.25) is 11.9 Å². The van der Waals surface area contributed by atoms with E-state index in [1.54, 1.807) is 60.7 Å². The largest absolute Gasteiger partial charge is 0.459 e. The van der Waals surface area contributed by atoms with E-state index < -0.39 is 48.0 Å². The molecule has 174 valence electrons.